The molecule has 0 spiro atoms. The topological polar surface area (TPSA) is 57.1 Å². The monoisotopic (exact) mass is 329 g/mol. The van der Waals surface area contributed by atoms with Crippen LogP contribution in [0.25, 0.3) is 0 Å². The van der Waals surface area contributed by atoms with Gasteiger partial charge < -0.3 is 20.1 Å². The van der Waals surface area contributed by atoms with Crippen LogP contribution in [0.3, 0.4) is 0 Å². The van der Waals surface area contributed by atoms with E-state index in [4.69, 9.17) is 16.3 Å². The number of fused-ring (bicyclic) bond motifs is 3. The Morgan fingerprint density at radius 3 is 3.00 bits per heavy atom. The van der Waals surface area contributed by atoms with E-state index >= 15 is 0 Å². The summed E-state index contributed by atoms with van der Waals surface area (Å²) in [5.41, 5.74) is 3.03. The number of nitrogens with one attached hydrogen (secondary N) is 1. The molecular formula is C17H16ClN3O2. The number of aliphatic imine (C=N–C) groups is 1. The molecule has 0 unspecified atom stereocenters. The van der Waals surface area contributed by atoms with Gasteiger partial charge in [0.15, 0.2) is 11.5 Å². The largest absolute Gasteiger partial charge is 0.504 e. The van der Waals surface area contributed by atoms with E-state index in [-0.39, 0.29) is 11.9 Å². The molecule has 1 atom stereocenters. The van der Waals surface area contributed by atoms with Crippen molar-refractivity contribution in [2.24, 2.45) is 4.99 Å². The second-order valence-electron chi connectivity index (χ2n) is 5.57. The molecule has 2 aromatic carbocycles. The molecule has 0 saturated carbocycles. The second-order valence-corrected chi connectivity index (χ2v) is 6.00. The van der Waals surface area contributed by atoms with E-state index in [0.717, 1.165) is 35.7 Å². The van der Waals surface area contributed by atoms with Gasteiger partial charge in [0, 0.05) is 22.8 Å². The lowest BCUT2D eigenvalue weighted by Crippen LogP contribution is -2.41. The molecule has 0 aliphatic carbocycles. The van der Waals surface area contributed by atoms with Crippen molar-refractivity contribution in [3.8, 4) is 11.5 Å². The van der Waals surface area contributed by atoms with E-state index in [0.29, 0.717) is 10.8 Å². The normalized spacial score (nSPS) is 18.8. The highest BCUT2D eigenvalue weighted by Crippen LogP contribution is 2.38. The third kappa shape index (κ3) is 2.28. The summed E-state index contributed by atoms with van der Waals surface area (Å²) >= 11 is 6.14. The van der Waals surface area contributed by atoms with Crippen LogP contribution in [0.2, 0.25) is 5.02 Å². The Labute approximate surface area is 139 Å². The van der Waals surface area contributed by atoms with Crippen molar-refractivity contribution in [1.82, 2.24) is 4.90 Å². The number of amidine groups is 1. The lowest BCUT2D eigenvalue weighted by molar-refractivity contribution is 0.358. The first-order valence-electron chi connectivity index (χ1n) is 7.42. The van der Waals surface area contributed by atoms with Crippen molar-refractivity contribution in [2.45, 2.75) is 6.17 Å². The number of benzene rings is 2. The number of rotatable bonds is 2. The van der Waals surface area contributed by atoms with Crippen molar-refractivity contribution in [1.29, 1.82) is 0 Å². The molecule has 2 N–H and O–H groups in total. The molecule has 0 fully saturated rings. The van der Waals surface area contributed by atoms with Crippen LogP contribution in [-0.2, 0) is 0 Å². The van der Waals surface area contributed by atoms with Crippen molar-refractivity contribution in [3.63, 3.8) is 0 Å². The minimum absolute atomic E-state index is 0.0725. The van der Waals surface area contributed by atoms with Crippen molar-refractivity contribution >= 4 is 23.1 Å². The Balaban J connectivity index is 1.80. The zero-order chi connectivity index (χ0) is 16.0. The van der Waals surface area contributed by atoms with Crippen LogP contribution in [0.4, 0.5) is 5.69 Å². The van der Waals surface area contributed by atoms with Crippen LogP contribution < -0.4 is 10.1 Å². The van der Waals surface area contributed by atoms with Gasteiger partial charge in [0.05, 0.1) is 13.7 Å². The van der Waals surface area contributed by atoms with E-state index in [2.05, 4.69) is 15.2 Å². The SMILES string of the molecule is COc1cc([C@H]2Nc3cc(Cl)ccc3C3=NCCN32)ccc1O. The maximum atomic E-state index is 9.81. The molecule has 23 heavy (non-hydrogen) atoms. The van der Waals surface area contributed by atoms with Crippen LogP contribution >= 0.6 is 11.6 Å². The fraction of sp³-hybridized carbons (Fsp3) is 0.235. The summed E-state index contributed by atoms with van der Waals surface area (Å²) < 4.78 is 5.23. The van der Waals surface area contributed by atoms with E-state index in [9.17, 15) is 5.11 Å². The van der Waals surface area contributed by atoms with Gasteiger partial charge in [-0.1, -0.05) is 17.7 Å². The summed E-state index contributed by atoms with van der Waals surface area (Å²) in [6.45, 7) is 1.61. The number of methoxy groups -OCH3 is 1. The summed E-state index contributed by atoms with van der Waals surface area (Å²) in [5.74, 6) is 1.57. The zero-order valence-electron chi connectivity index (χ0n) is 12.6. The maximum Gasteiger partial charge on any atom is 0.160 e. The summed E-state index contributed by atoms with van der Waals surface area (Å²) in [7, 11) is 1.55. The molecular weight excluding hydrogens is 314 g/mol. The number of hydrogen-bond acceptors (Lipinski definition) is 5. The molecule has 2 aliphatic rings. The molecule has 0 saturated heterocycles. The summed E-state index contributed by atoms with van der Waals surface area (Å²) in [6.07, 6.45) is -0.0725. The number of phenols is 1. The predicted molar refractivity (Wildman–Crippen MR) is 90.6 cm³/mol. The van der Waals surface area contributed by atoms with Crippen LogP contribution in [-0.4, -0.2) is 36.0 Å². The van der Waals surface area contributed by atoms with Crippen LogP contribution in [0.1, 0.15) is 17.3 Å². The number of phenolic OH excluding ortho intramolecular Hbond substituents is 1. The maximum absolute atomic E-state index is 9.81. The van der Waals surface area contributed by atoms with Gasteiger partial charge >= 0.3 is 0 Å². The Morgan fingerprint density at radius 2 is 2.17 bits per heavy atom. The van der Waals surface area contributed by atoms with Crippen molar-refractivity contribution < 1.29 is 9.84 Å². The zero-order valence-corrected chi connectivity index (χ0v) is 13.3. The Kier molecular flexibility index (Phi) is 3.31. The van der Waals surface area contributed by atoms with Gasteiger partial charge in [0.2, 0.25) is 0 Å². The Bertz CT molecular complexity index is 806. The van der Waals surface area contributed by atoms with Crippen molar-refractivity contribution in [2.75, 3.05) is 25.5 Å². The molecule has 0 amide bonds. The van der Waals surface area contributed by atoms with E-state index < -0.39 is 0 Å². The molecule has 0 aromatic heterocycles. The average Bonchev–Trinajstić information content (AvgIpc) is 3.04. The third-order valence-corrected chi connectivity index (χ3v) is 4.46. The first kappa shape index (κ1) is 14.2. The van der Waals surface area contributed by atoms with Crippen LogP contribution in [0, 0.1) is 0 Å². The van der Waals surface area contributed by atoms with E-state index in [1.165, 1.54) is 0 Å². The number of nitrogens with zero attached hydrogens (tertiary/aromatic N) is 2. The summed E-state index contributed by atoms with van der Waals surface area (Å²) in [4.78, 5) is 6.87. The molecule has 2 heterocycles. The standard InChI is InChI=1S/C17H16ClN3O2/c1-23-15-8-10(2-5-14(15)22)16-20-13-9-11(18)3-4-12(13)17-19-6-7-21(16)17/h2-5,8-9,16,20,22H,6-7H2,1H3/t16-/m0/s1. The number of hydrogen-bond donors (Lipinski definition) is 2. The number of anilines is 1. The molecule has 0 bridgehead atoms. The minimum atomic E-state index is -0.0725. The smallest absolute Gasteiger partial charge is 0.160 e. The highest BCUT2D eigenvalue weighted by Gasteiger charge is 2.34. The summed E-state index contributed by atoms with van der Waals surface area (Å²) in [5, 5.41) is 14.0. The predicted octanol–water partition coefficient (Wildman–Crippen LogP) is 3.24. The molecule has 4 rings (SSSR count). The molecule has 6 heteroatoms. The quantitative estimate of drug-likeness (QED) is 0.888. The van der Waals surface area contributed by atoms with Gasteiger partial charge in [0.25, 0.3) is 0 Å². The number of ether oxygens (including phenoxy) is 1. The highest BCUT2D eigenvalue weighted by molar-refractivity contribution is 6.31. The lowest BCUT2D eigenvalue weighted by Gasteiger charge is -2.37. The number of halogens is 1. The van der Waals surface area contributed by atoms with Gasteiger partial charge in [-0.3, -0.25) is 4.99 Å². The molecule has 2 aromatic rings. The fourth-order valence-electron chi connectivity index (χ4n) is 3.14. The van der Waals surface area contributed by atoms with E-state index in [1.807, 2.05) is 30.3 Å². The van der Waals surface area contributed by atoms with Crippen molar-refractivity contribution in [3.05, 3.63) is 52.5 Å². The fourth-order valence-corrected chi connectivity index (χ4v) is 3.31. The number of aromatic hydroxyl groups is 1. The third-order valence-electron chi connectivity index (χ3n) is 4.22. The van der Waals surface area contributed by atoms with E-state index in [1.54, 1.807) is 13.2 Å². The van der Waals surface area contributed by atoms with Crippen LogP contribution in [0.5, 0.6) is 11.5 Å². The average molecular weight is 330 g/mol. The molecule has 2 aliphatic heterocycles. The highest BCUT2D eigenvalue weighted by atomic mass is 35.5. The van der Waals surface area contributed by atoms with Gasteiger partial charge in [0.1, 0.15) is 12.0 Å². The molecule has 118 valence electrons. The first-order valence-corrected chi connectivity index (χ1v) is 7.79. The van der Waals surface area contributed by atoms with Gasteiger partial charge in [-0.05, 0) is 35.9 Å². The minimum Gasteiger partial charge on any atom is -0.504 e. The Morgan fingerprint density at radius 1 is 1.30 bits per heavy atom. The molecule has 0 radical (unpaired) electrons. The van der Waals surface area contributed by atoms with Gasteiger partial charge in [-0.2, -0.15) is 0 Å². The van der Waals surface area contributed by atoms with Gasteiger partial charge in [-0.15, -0.1) is 0 Å². The lowest BCUT2D eigenvalue weighted by atomic mass is 10.0. The second kappa shape index (κ2) is 5.35. The molecule has 5 nitrogen and oxygen atoms in total. The summed E-state index contributed by atoms with van der Waals surface area (Å²) in [6, 6.07) is 11.2. The first-order chi connectivity index (χ1) is 11.2. The van der Waals surface area contributed by atoms with Gasteiger partial charge in [-0.25, -0.2) is 0 Å². The van der Waals surface area contributed by atoms with Crippen LogP contribution in [0.15, 0.2) is 41.4 Å². The Hall–Kier alpha value is -2.40.